The monoisotopic (exact) mass is 629 g/mol. The van der Waals surface area contributed by atoms with E-state index in [0.29, 0.717) is 88.8 Å². The van der Waals surface area contributed by atoms with Gasteiger partial charge in [0.2, 0.25) is 0 Å². The van der Waals surface area contributed by atoms with Crippen LogP contribution in [0.1, 0.15) is 20.8 Å². The van der Waals surface area contributed by atoms with Crippen LogP contribution in [0, 0.1) is 5.82 Å². The summed E-state index contributed by atoms with van der Waals surface area (Å²) in [4.78, 5) is 36.4. The van der Waals surface area contributed by atoms with Crippen LogP contribution in [-0.4, -0.2) is 85.9 Å². The molecule has 3 heterocycles. The molecule has 2 saturated heterocycles. The Bertz CT molecular complexity index is 1560. The molecule has 9 nitrogen and oxygen atoms in total. The van der Waals surface area contributed by atoms with Crippen molar-refractivity contribution in [3.8, 4) is 28.0 Å². The third kappa shape index (κ3) is 6.45. The Kier molecular flexibility index (Phi) is 8.63. The molecule has 0 spiro atoms. The SMILES string of the molecule is COc1c(-c2ccc(N3CCN(C)C3=O)c(Cl)c2)cc(F)cc1-c1cnc(Cl)c(N2CCN(C(=O)OC(C)(C)C)CC2)c1. The summed E-state index contributed by atoms with van der Waals surface area (Å²) in [7, 11) is 3.26. The fraction of sp³-hybridized carbons (Fsp3) is 0.387. The number of ether oxygens (including phenoxy) is 2. The van der Waals surface area contributed by atoms with Crippen molar-refractivity contribution in [3.63, 3.8) is 0 Å². The second-order valence-electron chi connectivity index (χ2n) is 11.5. The molecule has 228 valence electrons. The third-order valence-corrected chi connectivity index (χ3v) is 8.02. The molecule has 12 heteroatoms. The molecule has 1 aromatic heterocycles. The van der Waals surface area contributed by atoms with E-state index in [4.69, 9.17) is 32.7 Å². The Hall–Kier alpha value is -3.76. The first-order valence-corrected chi connectivity index (χ1v) is 14.7. The normalized spacial score (nSPS) is 15.8. The number of urea groups is 1. The summed E-state index contributed by atoms with van der Waals surface area (Å²) >= 11 is 13.2. The number of hydrogen-bond donors (Lipinski definition) is 0. The summed E-state index contributed by atoms with van der Waals surface area (Å²) in [6.45, 7) is 8.61. The molecule has 0 atom stereocenters. The van der Waals surface area contributed by atoms with E-state index in [9.17, 15) is 9.59 Å². The van der Waals surface area contributed by atoms with Crippen LogP contribution >= 0.6 is 23.2 Å². The fourth-order valence-electron chi connectivity index (χ4n) is 5.27. The maximum Gasteiger partial charge on any atom is 0.410 e. The highest BCUT2D eigenvalue weighted by atomic mass is 35.5. The lowest BCUT2D eigenvalue weighted by molar-refractivity contribution is 0.0240. The third-order valence-electron chi connectivity index (χ3n) is 7.43. The number of halogens is 3. The molecule has 2 aliphatic rings. The van der Waals surface area contributed by atoms with E-state index in [1.165, 1.54) is 19.2 Å². The molecule has 2 aliphatic heterocycles. The number of benzene rings is 2. The number of piperazine rings is 1. The van der Waals surface area contributed by atoms with Crippen molar-refractivity contribution in [2.24, 2.45) is 0 Å². The molecule has 43 heavy (non-hydrogen) atoms. The Labute approximate surface area is 260 Å². The molecule has 0 unspecified atom stereocenters. The van der Waals surface area contributed by atoms with Crippen molar-refractivity contribution < 1.29 is 23.5 Å². The summed E-state index contributed by atoms with van der Waals surface area (Å²) in [6.07, 6.45) is 1.23. The van der Waals surface area contributed by atoms with Crippen LogP contribution in [0.4, 0.5) is 25.4 Å². The maximum absolute atomic E-state index is 15.2. The lowest BCUT2D eigenvalue weighted by atomic mass is 9.97. The molecule has 0 aliphatic carbocycles. The summed E-state index contributed by atoms with van der Waals surface area (Å²) in [5, 5.41) is 0.671. The minimum atomic E-state index is -0.573. The van der Waals surface area contributed by atoms with Crippen LogP contribution in [0.2, 0.25) is 10.2 Å². The van der Waals surface area contributed by atoms with Gasteiger partial charge in [0.25, 0.3) is 0 Å². The number of carbonyl (C=O) groups excluding carboxylic acids is 2. The van der Waals surface area contributed by atoms with Gasteiger partial charge in [-0.05, 0) is 56.7 Å². The summed E-state index contributed by atoms with van der Waals surface area (Å²) < 4.78 is 26.5. The molecule has 0 radical (unpaired) electrons. The Balaban J connectivity index is 1.44. The van der Waals surface area contributed by atoms with Crippen molar-refractivity contribution in [2.75, 3.05) is 63.2 Å². The van der Waals surface area contributed by atoms with Gasteiger partial charge >= 0.3 is 12.1 Å². The van der Waals surface area contributed by atoms with Gasteiger partial charge in [0.1, 0.15) is 17.2 Å². The van der Waals surface area contributed by atoms with Gasteiger partial charge in [-0.25, -0.2) is 19.0 Å². The number of nitrogens with zero attached hydrogens (tertiary/aromatic N) is 5. The van der Waals surface area contributed by atoms with E-state index in [1.807, 2.05) is 31.7 Å². The van der Waals surface area contributed by atoms with Crippen molar-refractivity contribution in [1.82, 2.24) is 14.8 Å². The topological polar surface area (TPSA) is 78.5 Å². The minimum absolute atomic E-state index is 0.127. The zero-order chi connectivity index (χ0) is 31.1. The molecule has 2 fully saturated rings. The van der Waals surface area contributed by atoms with Crippen molar-refractivity contribution >= 4 is 46.7 Å². The van der Waals surface area contributed by atoms with Crippen LogP contribution in [0.3, 0.4) is 0 Å². The van der Waals surface area contributed by atoms with Gasteiger partial charge in [0.15, 0.2) is 5.15 Å². The number of amides is 3. The predicted molar refractivity (Wildman–Crippen MR) is 167 cm³/mol. The molecule has 0 bridgehead atoms. The van der Waals surface area contributed by atoms with Gasteiger partial charge in [-0.2, -0.15) is 0 Å². The van der Waals surface area contributed by atoms with Crippen molar-refractivity contribution in [3.05, 3.63) is 58.6 Å². The molecule has 0 saturated carbocycles. The average molecular weight is 631 g/mol. The molecular weight excluding hydrogens is 596 g/mol. The molecule has 3 amide bonds. The number of carbonyl (C=O) groups is 2. The van der Waals surface area contributed by atoms with Gasteiger partial charge in [-0.15, -0.1) is 0 Å². The highest BCUT2D eigenvalue weighted by Crippen LogP contribution is 2.43. The highest BCUT2D eigenvalue weighted by molar-refractivity contribution is 6.34. The molecular formula is C31H34Cl2FN5O4. The lowest BCUT2D eigenvalue weighted by Crippen LogP contribution is -2.50. The number of aromatic nitrogens is 1. The number of anilines is 2. The van der Waals surface area contributed by atoms with Gasteiger partial charge in [-0.3, -0.25) is 4.90 Å². The maximum atomic E-state index is 15.2. The zero-order valence-electron chi connectivity index (χ0n) is 24.8. The van der Waals surface area contributed by atoms with Crippen molar-refractivity contribution in [1.29, 1.82) is 0 Å². The summed E-state index contributed by atoms with van der Waals surface area (Å²) in [5.41, 5.74) is 2.92. The van der Waals surface area contributed by atoms with Crippen LogP contribution in [0.15, 0.2) is 42.6 Å². The first kappa shape index (κ1) is 30.7. The summed E-state index contributed by atoms with van der Waals surface area (Å²) in [6, 6.07) is 9.78. The number of likely N-dealkylation sites (N-methyl/N-ethyl adjacent to an activating group) is 1. The second kappa shape index (κ2) is 12.1. The number of pyridine rings is 1. The van der Waals surface area contributed by atoms with Crippen LogP contribution in [0.25, 0.3) is 22.3 Å². The average Bonchev–Trinajstić information content (AvgIpc) is 3.29. The Morgan fingerprint density at radius 3 is 2.19 bits per heavy atom. The van der Waals surface area contributed by atoms with Gasteiger partial charge in [-0.1, -0.05) is 29.3 Å². The van der Waals surface area contributed by atoms with Crippen LogP contribution < -0.4 is 14.5 Å². The van der Waals surface area contributed by atoms with Gasteiger partial charge < -0.3 is 24.2 Å². The Morgan fingerprint density at radius 2 is 1.60 bits per heavy atom. The fourth-order valence-corrected chi connectivity index (χ4v) is 5.77. The van der Waals surface area contributed by atoms with E-state index in [-0.39, 0.29) is 12.1 Å². The first-order chi connectivity index (χ1) is 20.4. The zero-order valence-corrected chi connectivity index (χ0v) is 26.3. The predicted octanol–water partition coefficient (Wildman–Crippen LogP) is 6.80. The van der Waals surface area contributed by atoms with Crippen molar-refractivity contribution in [2.45, 2.75) is 26.4 Å². The number of methoxy groups -OCH3 is 1. The minimum Gasteiger partial charge on any atom is -0.495 e. The quantitative estimate of drug-likeness (QED) is 0.289. The Morgan fingerprint density at radius 1 is 0.930 bits per heavy atom. The lowest BCUT2D eigenvalue weighted by Gasteiger charge is -2.37. The smallest absolute Gasteiger partial charge is 0.410 e. The number of hydrogen-bond acceptors (Lipinski definition) is 6. The molecule has 0 N–H and O–H groups in total. The standard InChI is InChI=1S/C31H34Cl2FN5O4/c1-31(2,3)43-30(41)38-11-9-37(10-12-38)26-15-20(18-35-28(26)33)23-17-21(34)16-22(27(23)42-5)19-6-7-25(24(32)14-19)39-13-8-36(4)29(39)40/h6-7,14-18H,8-13H2,1-5H3. The second-order valence-corrected chi connectivity index (χ2v) is 12.3. The van der Waals surface area contributed by atoms with Gasteiger partial charge in [0.05, 0.1) is 23.5 Å². The van der Waals surface area contributed by atoms with Crippen LogP contribution in [-0.2, 0) is 4.74 Å². The first-order valence-electron chi connectivity index (χ1n) is 13.9. The molecule has 3 aromatic rings. The van der Waals surface area contributed by atoms with E-state index < -0.39 is 11.4 Å². The number of rotatable bonds is 5. The van der Waals surface area contributed by atoms with Crippen LogP contribution in [0.5, 0.6) is 5.75 Å². The molecule has 2 aromatic carbocycles. The van der Waals surface area contributed by atoms with E-state index >= 15 is 4.39 Å². The van der Waals surface area contributed by atoms with Gasteiger partial charge in [0, 0.05) is 69.2 Å². The van der Waals surface area contributed by atoms with E-state index in [1.54, 1.807) is 46.1 Å². The highest BCUT2D eigenvalue weighted by Gasteiger charge is 2.29. The summed E-state index contributed by atoms with van der Waals surface area (Å²) in [5.74, 6) is -0.0307. The largest absolute Gasteiger partial charge is 0.495 e. The van der Waals surface area contributed by atoms with E-state index in [0.717, 1.165) is 0 Å². The molecule has 5 rings (SSSR count). The van der Waals surface area contributed by atoms with E-state index in [2.05, 4.69) is 4.98 Å².